The lowest BCUT2D eigenvalue weighted by Gasteiger charge is -2.07. The van der Waals surface area contributed by atoms with Crippen molar-refractivity contribution in [2.75, 3.05) is 5.32 Å². The third-order valence-electron chi connectivity index (χ3n) is 3.59. The van der Waals surface area contributed by atoms with Crippen molar-refractivity contribution in [3.8, 4) is 0 Å². The van der Waals surface area contributed by atoms with Crippen LogP contribution in [0.2, 0.25) is 0 Å². The molecular weight excluding hydrogens is 292 g/mol. The van der Waals surface area contributed by atoms with Gasteiger partial charge in [0.25, 0.3) is 11.5 Å². The number of fused-ring (bicyclic) bond motifs is 1. The lowest BCUT2D eigenvalue weighted by molar-refractivity contribution is 0.102. The van der Waals surface area contributed by atoms with Crippen LogP contribution < -0.4 is 10.9 Å². The van der Waals surface area contributed by atoms with Crippen LogP contribution in [0, 0.1) is 0 Å². The first-order chi connectivity index (χ1) is 11.1. The van der Waals surface area contributed by atoms with Crippen LogP contribution in [0.15, 0.2) is 47.5 Å². The number of anilines is 1. The highest BCUT2D eigenvalue weighted by Crippen LogP contribution is 2.12. The maximum Gasteiger partial charge on any atom is 0.260 e. The molecule has 116 valence electrons. The molecule has 0 unspecified atom stereocenters. The maximum atomic E-state index is 12.3. The molecule has 0 aliphatic heterocycles. The molecule has 3 aromatic rings. The van der Waals surface area contributed by atoms with Gasteiger partial charge in [-0.3, -0.25) is 9.59 Å². The lowest BCUT2D eigenvalue weighted by atomic mass is 10.1. The Morgan fingerprint density at radius 3 is 2.87 bits per heavy atom. The van der Waals surface area contributed by atoms with Gasteiger partial charge in [0.2, 0.25) is 0 Å². The van der Waals surface area contributed by atoms with E-state index in [-0.39, 0.29) is 11.5 Å². The zero-order valence-corrected chi connectivity index (χ0v) is 12.9. The number of nitrogens with zero attached hydrogens (tertiary/aromatic N) is 3. The average Bonchev–Trinajstić information content (AvgIpc) is 2.58. The van der Waals surface area contributed by atoms with E-state index in [2.05, 4.69) is 15.3 Å². The Morgan fingerprint density at radius 2 is 2.09 bits per heavy atom. The number of hydrogen-bond donors (Lipinski definition) is 1. The molecule has 1 N–H and O–H groups in total. The third kappa shape index (κ3) is 2.96. The minimum atomic E-state index is -0.282. The van der Waals surface area contributed by atoms with E-state index in [0.29, 0.717) is 22.3 Å². The zero-order valence-electron chi connectivity index (χ0n) is 12.9. The third-order valence-corrected chi connectivity index (χ3v) is 3.59. The van der Waals surface area contributed by atoms with Crippen LogP contribution in [0.1, 0.15) is 23.0 Å². The van der Waals surface area contributed by atoms with Crippen molar-refractivity contribution in [1.82, 2.24) is 14.5 Å². The Morgan fingerprint density at radius 1 is 1.26 bits per heavy atom. The second kappa shape index (κ2) is 6.00. The number of aromatic nitrogens is 3. The quantitative estimate of drug-likeness (QED) is 0.804. The number of carbonyl (C=O) groups is 1. The average molecular weight is 308 g/mol. The van der Waals surface area contributed by atoms with Crippen molar-refractivity contribution in [1.29, 1.82) is 0 Å². The smallest absolute Gasteiger partial charge is 0.260 e. The number of benzene rings is 1. The summed E-state index contributed by atoms with van der Waals surface area (Å²) in [5.41, 5.74) is 1.70. The highest BCUT2D eigenvalue weighted by molar-refractivity contribution is 6.05. The molecule has 0 spiro atoms. The molecule has 2 heterocycles. The zero-order chi connectivity index (χ0) is 16.4. The highest BCUT2D eigenvalue weighted by Gasteiger charge is 2.10. The van der Waals surface area contributed by atoms with E-state index >= 15 is 0 Å². The fourth-order valence-corrected chi connectivity index (χ4v) is 2.29. The van der Waals surface area contributed by atoms with Gasteiger partial charge in [0.1, 0.15) is 5.82 Å². The molecule has 3 rings (SSSR count). The van der Waals surface area contributed by atoms with Crippen LogP contribution in [-0.4, -0.2) is 20.4 Å². The molecule has 0 fully saturated rings. The Hall–Kier alpha value is -3.02. The molecular formula is C17H16N4O2. The molecule has 0 aliphatic carbocycles. The van der Waals surface area contributed by atoms with E-state index < -0.39 is 0 Å². The van der Waals surface area contributed by atoms with Crippen LogP contribution in [-0.2, 0) is 13.5 Å². The van der Waals surface area contributed by atoms with Crippen LogP contribution in [0.5, 0.6) is 0 Å². The van der Waals surface area contributed by atoms with Crippen molar-refractivity contribution in [2.45, 2.75) is 13.3 Å². The summed E-state index contributed by atoms with van der Waals surface area (Å²) in [7, 11) is 1.64. The Balaban J connectivity index is 1.91. The molecule has 0 saturated heterocycles. The lowest BCUT2D eigenvalue weighted by Crippen LogP contribution is -2.18. The maximum absolute atomic E-state index is 12.3. The first-order valence-electron chi connectivity index (χ1n) is 7.31. The van der Waals surface area contributed by atoms with Crippen LogP contribution >= 0.6 is 0 Å². The molecule has 0 aliphatic rings. The summed E-state index contributed by atoms with van der Waals surface area (Å²) >= 11 is 0. The van der Waals surface area contributed by atoms with Gasteiger partial charge in [0.15, 0.2) is 0 Å². The second-order valence-corrected chi connectivity index (χ2v) is 5.21. The molecule has 1 amide bonds. The second-order valence-electron chi connectivity index (χ2n) is 5.21. The summed E-state index contributed by atoms with van der Waals surface area (Å²) in [6, 6.07) is 10.3. The van der Waals surface area contributed by atoms with Gasteiger partial charge in [-0.05, 0) is 36.8 Å². The molecule has 0 bridgehead atoms. The number of hydrogen-bond acceptors (Lipinski definition) is 4. The van der Waals surface area contributed by atoms with Crippen molar-refractivity contribution in [3.05, 3.63) is 64.3 Å². The fourth-order valence-electron chi connectivity index (χ4n) is 2.29. The molecule has 6 nitrogen and oxygen atoms in total. The van der Waals surface area contributed by atoms with Crippen molar-refractivity contribution < 1.29 is 4.79 Å². The van der Waals surface area contributed by atoms with Crippen molar-refractivity contribution >= 4 is 22.6 Å². The predicted molar refractivity (Wildman–Crippen MR) is 88.6 cm³/mol. The monoisotopic (exact) mass is 308 g/mol. The molecule has 2 aromatic heterocycles. The summed E-state index contributed by atoms with van der Waals surface area (Å²) in [5, 5.41) is 3.25. The number of rotatable bonds is 3. The summed E-state index contributed by atoms with van der Waals surface area (Å²) in [6.45, 7) is 2.00. The number of nitrogens with one attached hydrogen (secondary N) is 1. The normalized spacial score (nSPS) is 10.7. The number of amides is 1. The molecule has 6 heteroatoms. The first-order valence-corrected chi connectivity index (χ1v) is 7.31. The van der Waals surface area contributed by atoms with Gasteiger partial charge < -0.3 is 9.88 Å². The highest BCUT2D eigenvalue weighted by atomic mass is 16.1. The van der Waals surface area contributed by atoms with Crippen LogP contribution in [0.3, 0.4) is 0 Å². The van der Waals surface area contributed by atoms with Gasteiger partial charge in [-0.2, -0.15) is 0 Å². The summed E-state index contributed by atoms with van der Waals surface area (Å²) in [4.78, 5) is 32.9. The minimum absolute atomic E-state index is 0.140. The van der Waals surface area contributed by atoms with Gasteiger partial charge in [0, 0.05) is 18.3 Å². The van der Waals surface area contributed by atoms with E-state index in [4.69, 9.17) is 0 Å². The minimum Gasteiger partial charge on any atom is -0.307 e. The number of carbonyl (C=O) groups excluding carboxylic acids is 1. The topological polar surface area (TPSA) is 76.9 Å². The fraction of sp³-hybridized carbons (Fsp3) is 0.176. The van der Waals surface area contributed by atoms with Gasteiger partial charge in [-0.15, -0.1) is 0 Å². The van der Waals surface area contributed by atoms with E-state index in [9.17, 15) is 9.59 Å². The summed E-state index contributed by atoms with van der Waals surface area (Å²) in [6.07, 6.45) is 2.24. The van der Waals surface area contributed by atoms with Gasteiger partial charge in [0.05, 0.1) is 17.2 Å². The Labute approximate surface area is 132 Å². The van der Waals surface area contributed by atoms with E-state index in [1.165, 1.54) is 10.9 Å². The largest absolute Gasteiger partial charge is 0.307 e. The molecule has 23 heavy (non-hydrogen) atoms. The number of pyridine rings is 1. The Kier molecular flexibility index (Phi) is 3.89. The van der Waals surface area contributed by atoms with Gasteiger partial charge in [-0.25, -0.2) is 9.97 Å². The Bertz CT molecular complexity index is 947. The van der Waals surface area contributed by atoms with E-state index in [1.807, 2.05) is 19.1 Å². The molecule has 0 atom stereocenters. The van der Waals surface area contributed by atoms with Crippen LogP contribution in [0.25, 0.3) is 10.9 Å². The van der Waals surface area contributed by atoms with Crippen molar-refractivity contribution in [2.24, 2.45) is 7.05 Å². The first kappa shape index (κ1) is 14.9. The number of aryl methyl sites for hydroxylation is 2. The van der Waals surface area contributed by atoms with E-state index in [0.717, 1.165) is 12.1 Å². The van der Waals surface area contributed by atoms with Gasteiger partial charge >= 0.3 is 0 Å². The summed E-state index contributed by atoms with van der Waals surface area (Å²) < 4.78 is 1.41. The molecule has 0 radical (unpaired) electrons. The van der Waals surface area contributed by atoms with Crippen molar-refractivity contribution in [3.63, 3.8) is 0 Å². The molecule has 1 aromatic carbocycles. The SMILES string of the molecule is CCc1cccc(NC(=O)c2ccc3c(=O)n(C)cnc3c2)n1. The summed E-state index contributed by atoms with van der Waals surface area (Å²) in [5.74, 6) is 0.224. The molecule has 0 saturated carbocycles. The van der Waals surface area contributed by atoms with Crippen LogP contribution in [0.4, 0.5) is 5.82 Å². The predicted octanol–water partition coefficient (Wildman–Crippen LogP) is 2.14. The van der Waals surface area contributed by atoms with Gasteiger partial charge in [-0.1, -0.05) is 13.0 Å². The standard InChI is InChI=1S/C17H16N4O2/c1-3-12-5-4-6-15(19-12)20-16(22)11-7-8-13-14(9-11)18-10-21(2)17(13)23/h4-10H,3H2,1-2H3,(H,19,20,22). The van der Waals surface area contributed by atoms with E-state index in [1.54, 1.807) is 31.3 Å².